The number of ether oxygens (including phenoxy) is 1. The normalized spacial score (nSPS) is 11.1. The highest BCUT2D eigenvalue weighted by atomic mass is 32.2. The number of rotatable bonds is 5. The molecule has 0 aliphatic rings. The second-order valence-electron chi connectivity index (χ2n) is 3.75. The molecule has 8 nitrogen and oxygen atoms in total. The third kappa shape index (κ3) is 2.72. The highest BCUT2D eigenvalue weighted by Crippen LogP contribution is 2.24. The molecule has 0 spiro atoms. The van der Waals surface area contributed by atoms with Gasteiger partial charge in [0, 0.05) is 6.07 Å². The second kappa shape index (κ2) is 5.21. The maximum Gasteiger partial charge on any atom is 0.339 e. The summed E-state index contributed by atoms with van der Waals surface area (Å²) < 4.78 is 31.1. The Bertz CT molecular complexity index is 725. The predicted molar refractivity (Wildman–Crippen MR) is 69.3 cm³/mol. The first-order chi connectivity index (χ1) is 9.44. The molecule has 20 heavy (non-hydrogen) atoms. The van der Waals surface area contributed by atoms with Gasteiger partial charge in [0.2, 0.25) is 0 Å². The van der Waals surface area contributed by atoms with Crippen molar-refractivity contribution in [2.75, 3.05) is 11.8 Å². The summed E-state index contributed by atoms with van der Waals surface area (Å²) in [5.74, 6) is -1.10. The van der Waals surface area contributed by atoms with Gasteiger partial charge in [-0.3, -0.25) is 9.82 Å². The van der Waals surface area contributed by atoms with Crippen LogP contribution in [0.25, 0.3) is 0 Å². The molecule has 1 aromatic carbocycles. The number of aromatic amines is 1. The third-order valence-corrected chi connectivity index (χ3v) is 3.76. The van der Waals surface area contributed by atoms with E-state index in [1.54, 1.807) is 0 Å². The fourth-order valence-electron chi connectivity index (χ4n) is 1.53. The molecule has 0 aliphatic carbocycles. The van der Waals surface area contributed by atoms with Crippen LogP contribution in [0.1, 0.15) is 10.4 Å². The summed E-state index contributed by atoms with van der Waals surface area (Å²) in [6, 6.07) is 5.18. The second-order valence-corrected chi connectivity index (χ2v) is 5.40. The van der Waals surface area contributed by atoms with Crippen LogP contribution in [0.5, 0.6) is 5.75 Å². The lowest BCUT2D eigenvalue weighted by atomic mass is 10.2. The van der Waals surface area contributed by atoms with Gasteiger partial charge in [0.25, 0.3) is 10.0 Å². The number of carboxylic acids is 1. The van der Waals surface area contributed by atoms with E-state index in [0.29, 0.717) is 0 Å². The minimum Gasteiger partial charge on any atom is -0.496 e. The Labute approximate surface area is 114 Å². The SMILES string of the molecule is COc1cc(NS(=O)(=O)c2ccn[nH]2)ccc1C(=O)O. The Kier molecular flexibility index (Phi) is 3.61. The largest absolute Gasteiger partial charge is 0.496 e. The van der Waals surface area contributed by atoms with Gasteiger partial charge in [-0.15, -0.1) is 0 Å². The summed E-state index contributed by atoms with van der Waals surface area (Å²) in [6.07, 6.45) is 1.31. The number of methoxy groups -OCH3 is 1. The lowest BCUT2D eigenvalue weighted by Crippen LogP contribution is -2.13. The molecule has 0 unspecified atom stereocenters. The van der Waals surface area contributed by atoms with Gasteiger partial charge in [0.1, 0.15) is 11.3 Å². The van der Waals surface area contributed by atoms with E-state index in [2.05, 4.69) is 14.9 Å². The van der Waals surface area contributed by atoms with Crippen molar-refractivity contribution in [2.24, 2.45) is 0 Å². The number of nitrogens with zero attached hydrogens (tertiary/aromatic N) is 1. The van der Waals surface area contributed by atoms with E-state index < -0.39 is 16.0 Å². The standard InChI is InChI=1S/C11H11N3O5S/c1-19-9-6-7(2-3-8(9)11(15)16)14-20(17,18)10-4-5-12-13-10/h2-6,14H,1H3,(H,12,13)(H,15,16). The molecule has 0 atom stereocenters. The van der Waals surface area contributed by atoms with Crippen LogP contribution in [-0.2, 0) is 10.0 Å². The van der Waals surface area contributed by atoms with Crippen LogP contribution in [-0.4, -0.2) is 36.8 Å². The molecule has 3 N–H and O–H groups in total. The average Bonchev–Trinajstić information content (AvgIpc) is 2.92. The quantitative estimate of drug-likeness (QED) is 0.754. The molecule has 2 aromatic rings. The first-order valence-corrected chi connectivity index (χ1v) is 6.86. The third-order valence-electron chi connectivity index (χ3n) is 2.45. The highest BCUT2D eigenvalue weighted by molar-refractivity contribution is 7.92. The van der Waals surface area contributed by atoms with Crippen LogP contribution in [0.4, 0.5) is 5.69 Å². The first kappa shape index (κ1) is 13.9. The van der Waals surface area contributed by atoms with Crippen molar-refractivity contribution in [1.29, 1.82) is 0 Å². The first-order valence-electron chi connectivity index (χ1n) is 5.37. The molecular weight excluding hydrogens is 286 g/mol. The van der Waals surface area contributed by atoms with Crippen molar-refractivity contribution in [2.45, 2.75) is 5.03 Å². The Balaban J connectivity index is 2.34. The van der Waals surface area contributed by atoms with E-state index in [-0.39, 0.29) is 22.0 Å². The summed E-state index contributed by atoms with van der Waals surface area (Å²) in [5, 5.41) is 14.7. The van der Waals surface area contributed by atoms with E-state index in [4.69, 9.17) is 9.84 Å². The van der Waals surface area contributed by atoms with E-state index in [1.807, 2.05) is 0 Å². The zero-order valence-corrected chi connectivity index (χ0v) is 11.1. The molecule has 0 amide bonds. The van der Waals surface area contributed by atoms with Gasteiger partial charge in [-0.25, -0.2) is 4.79 Å². The highest BCUT2D eigenvalue weighted by Gasteiger charge is 2.17. The number of nitrogens with one attached hydrogen (secondary N) is 2. The Morgan fingerprint density at radius 3 is 2.70 bits per heavy atom. The van der Waals surface area contributed by atoms with Gasteiger partial charge < -0.3 is 9.84 Å². The molecular formula is C11H11N3O5S. The molecule has 106 valence electrons. The summed E-state index contributed by atoms with van der Waals surface area (Å²) in [7, 11) is -2.50. The summed E-state index contributed by atoms with van der Waals surface area (Å²) in [4.78, 5) is 10.9. The van der Waals surface area contributed by atoms with Crippen LogP contribution >= 0.6 is 0 Å². The Hall–Kier alpha value is -2.55. The number of benzene rings is 1. The molecule has 0 saturated heterocycles. The monoisotopic (exact) mass is 297 g/mol. The van der Waals surface area contributed by atoms with Gasteiger partial charge in [-0.05, 0) is 18.2 Å². The lowest BCUT2D eigenvalue weighted by molar-refractivity contribution is 0.0693. The van der Waals surface area contributed by atoms with E-state index in [9.17, 15) is 13.2 Å². The Morgan fingerprint density at radius 1 is 1.40 bits per heavy atom. The molecule has 0 aliphatic heterocycles. The number of H-pyrrole nitrogens is 1. The van der Waals surface area contributed by atoms with Crippen LogP contribution in [0.2, 0.25) is 0 Å². The predicted octanol–water partition coefficient (Wildman–Crippen LogP) is 0.917. The number of carboxylic acid groups (broad SMARTS) is 1. The van der Waals surface area contributed by atoms with E-state index in [1.165, 1.54) is 37.6 Å². The minimum atomic E-state index is -3.80. The molecule has 0 radical (unpaired) electrons. The summed E-state index contributed by atoms with van der Waals surface area (Å²) >= 11 is 0. The molecule has 1 aromatic heterocycles. The molecule has 0 saturated carbocycles. The number of aromatic nitrogens is 2. The molecule has 0 fully saturated rings. The van der Waals surface area contributed by atoms with Gasteiger partial charge in [-0.2, -0.15) is 13.5 Å². The van der Waals surface area contributed by atoms with Crippen molar-refractivity contribution in [3.05, 3.63) is 36.0 Å². The van der Waals surface area contributed by atoms with Crippen molar-refractivity contribution in [1.82, 2.24) is 10.2 Å². The molecule has 0 bridgehead atoms. The van der Waals surface area contributed by atoms with Gasteiger partial charge in [0.15, 0.2) is 5.03 Å². The number of hydrogen-bond donors (Lipinski definition) is 3. The van der Waals surface area contributed by atoms with Crippen molar-refractivity contribution < 1.29 is 23.1 Å². The van der Waals surface area contributed by atoms with Crippen molar-refractivity contribution >= 4 is 21.7 Å². The number of aromatic carboxylic acids is 1. The van der Waals surface area contributed by atoms with Crippen molar-refractivity contribution in [3.63, 3.8) is 0 Å². The fourth-order valence-corrected chi connectivity index (χ4v) is 2.49. The topological polar surface area (TPSA) is 121 Å². The number of hydrogen-bond acceptors (Lipinski definition) is 5. The van der Waals surface area contributed by atoms with Gasteiger partial charge >= 0.3 is 5.97 Å². The summed E-state index contributed by atoms with van der Waals surface area (Å²) in [5.41, 5.74) is 0.124. The number of sulfonamides is 1. The van der Waals surface area contributed by atoms with Gasteiger partial charge in [-0.1, -0.05) is 0 Å². The van der Waals surface area contributed by atoms with Gasteiger partial charge in [0.05, 0.1) is 19.0 Å². The zero-order valence-electron chi connectivity index (χ0n) is 10.3. The van der Waals surface area contributed by atoms with E-state index >= 15 is 0 Å². The zero-order chi connectivity index (χ0) is 14.8. The van der Waals surface area contributed by atoms with Crippen LogP contribution in [0, 0.1) is 0 Å². The maximum absolute atomic E-state index is 11.9. The molecule has 9 heteroatoms. The number of carbonyl (C=O) groups is 1. The van der Waals surface area contributed by atoms with E-state index in [0.717, 1.165) is 0 Å². The molecule has 2 rings (SSSR count). The van der Waals surface area contributed by atoms with Crippen molar-refractivity contribution in [3.8, 4) is 5.75 Å². The molecule has 1 heterocycles. The van der Waals surface area contributed by atoms with Crippen LogP contribution in [0.3, 0.4) is 0 Å². The fraction of sp³-hybridized carbons (Fsp3) is 0.0909. The average molecular weight is 297 g/mol. The maximum atomic E-state index is 11.9. The van der Waals surface area contributed by atoms with Crippen LogP contribution in [0.15, 0.2) is 35.5 Å². The minimum absolute atomic E-state index is 0.0577. The smallest absolute Gasteiger partial charge is 0.339 e. The number of anilines is 1. The summed E-state index contributed by atoms with van der Waals surface area (Å²) in [6.45, 7) is 0. The Morgan fingerprint density at radius 2 is 2.15 bits per heavy atom. The van der Waals surface area contributed by atoms with Crippen LogP contribution < -0.4 is 9.46 Å². The lowest BCUT2D eigenvalue weighted by Gasteiger charge is -2.09.